The normalized spacial score (nSPS) is 15.4. The van der Waals surface area contributed by atoms with Gasteiger partial charge >= 0.3 is 47.8 Å². The monoisotopic (exact) mass is 666 g/mol. The maximum atomic E-state index is 13.7. The van der Waals surface area contributed by atoms with Crippen LogP contribution in [0.5, 0.6) is 5.75 Å². The third-order valence-corrected chi connectivity index (χ3v) is 4.85. The Labute approximate surface area is 196 Å². The van der Waals surface area contributed by atoms with Gasteiger partial charge in [-0.1, -0.05) is 34.7 Å². The number of aryl methyl sites for hydroxylation is 1. The van der Waals surface area contributed by atoms with Crippen LogP contribution >= 0.6 is 22.6 Å². The Balaban J connectivity index is 3.59. The van der Waals surface area contributed by atoms with E-state index in [0.29, 0.717) is 22.1 Å². The first-order valence-corrected chi connectivity index (χ1v) is 9.84. The van der Waals surface area contributed by atoms with Crippen LogP contribution in [0.4, 0.5) is 74.6 Å². The molecule has 1 rings (SSSR count). The summed E-state index contributed by atoms with van der Waals surface area (Å²) in [5, 5.41) is 0. The highest BCUT2D eigenvalue weighted by molar-refractivity contribution is 14.1. The fourth-order valence-corrected chi connectivity index (χ4v) is 2.98. The maximum Gasteiger partial charge on any atom is 0.471 e. The summed E-state index contributed by atoms with van der Waals surface area (Å²) in [5.74, 6) is -35.4. The van der Waals surface area contributed by atoms with Crippen molar-refractivity contribution in [1.29, 1.82) is 0 Å². The van der Waals surface area contributed by atoms with Crippen LogP contribution in [-0.2, 0) is 6.42 Å². The molecule has 19 heteroatoms. The van der Waals surface area contributed by atoms with Crippen LogP contribution in [0.2, 0.25) is 0 Å². The lowest BCUT2D eigenvalue weighted by molar-refractivity contribution is -0.474. The molecule has 1 nitrogen and oxygen atoms in total. The molecule has 0 unspecified atom stereocenters. The Morgan fingerprint density at radius 3 is 1.26 bits per heavy atom. The van der Waals surface area contributed by atoms with Gasteiger partial charge in [-0.25, -0.2) is 4.39 Å². The molecule has 0 saturated carbocycles. The maximum absolute atomic E-state index is 13.7. The number of hydrogen-bond acceptors (Lipinski definition) is 1. The van der Waals surface area contributed by atoms with Gasteiger partial charge < -0.3 is 4.74 Å². The number of hydrogen-bond donors (Lipinski definition) is 0. The second kappa shape index (κ2) is 9.14. The Morgan fingerprint density at radius 2 is 0.914 bits per heavy atom. The summed E-state index contributed by atoms with van der Waals surface area (Å²) in [5.41, 5.74) is -8.25. The van der Waals surface area contributed by atoms with Crippen molar-refractivity contribution in [3.8, 4) is 5.75 Å². The lowest BCUT2D eigenvalue weighted by Gasteiger charge is -2.43. The molecule has 0 fully saturated rings. The molecule has 1 aromatic carbocycles. The van der Waals surface area contributed by atoms with Crippen molar-refractivity contribution in [2.24, 2.45) is 0 Å². The Hall–Kier alpha value is -1.44. The number of halogens is 18. The van der Waals surface area contributed by atoms with Crippen LogP contribution in [0.1, 0.15) is 5.56 Å². The summed E-state index contributed by atoms with van der Waals surface area (Å²) >= 11 is 1.84. The molecule has 0 bridgehead atoms. The zero-order chi connectivity index (χ0) is 28.1. The highest BCUT2D eigenvalue weighted by Gasteiger charge is 2.97. The van der Waals surface area contributed by atoms with Crippen LogP contribution in [0.25, 0.3) is 0 Å². The van der Waals surface area contributed by atoms with Gasteiger partial charge in [-0.05, 0) is 24.1 Å². The van der Waals surface area contributed by atoms with Crippen LogP contribution in [-0.4, -0.2) is 52.2 Å². The van der Waals surface area contributed by atoms with Crippen molar-refractivity contribution < 1.29 is 79.4 Å². The van der Waals surface area contributed by atoms with Gasteiger partial charge in [0.25, 0.3) is 0 Å². The fraction of sp³-hybridized carbons (Fsp3) is 0.625. The Bertz CT molecular complexity index is 858. The molecular formula is C16H8F17IO. The van der Waals surface area contributed by atoms with Gasteiger partial charge in [0.1, 0.15) is 5.75 Å². The molecule has 0 amide bonds. The second-order valence-electron chi connectivity index (χ2n) is 6.65. The zero-order valence-electron chi connectivity index (χ0n) is 15.9. The molecule has 0 saturated heterocycles. The van der Waals surface area contributed by atoms with Crippen LogP contribution in [0, 0.1) is 0 Å². The van der Waals surface area contributed by atoms with Crippen molar-refractivity contribution >= 4 is 22.6 Å². The van der Waals surface area contributed by atoms with Gasteiger partial charge in [0, 0.05) is 4.43 Å². The quantitative estimate of drug-likeness (QED) is 0.148. The average Bonchev–Trinajstić information content (AvgIpc) is 2.66. The summed E-state index contributed by atoms with van der Waals surface area (Å²) in [6, 6.07) is 2.56. The molecule has 204 valence electrons. The van der Waals surface area contributed by atoms with E-state index in [2.05, 4.69) is 4.74 Å². The number of alkyl halides is 18. The number of ether oxygens (including phenoxy) is 1. The number of benzene rings is 1. The predicted octanol–water partition coefficient (Wildman–Crippen LogP) is 8.01. The standard InChI is InChI=1S/C16H8F17IO/c17-9(14(26,27)28,15(29,30)31)10(18,19)11(20,21)12(22,23)13(24,25)16(32,33)35-8-3-1-7(2-4-8)5-6-34/h1-4H,5-6H2. The van der Waals surface area contributed by atoms with E-state index in [4.69, 9.17) is 0 Å². The smallest absolute Gasteiger partial charge is 0.428 e. The minimum Gasteiger partial charge on any atom is -0.428 e. The van der Waals surface area contributed by atoms with Gasteiger partial charge in [-0.3, -0.25) is 0 Å². The Kier molecular flexibility index (Phi) is 8.25. The van der Waals surface area contributed by atoms with Gasteiger partial charge in [0.2, 0.25) is 0 Å². The van der Waals surface area contributed by atoms with E-state index in [1.807, 2.05) is 22.6 Å². The molecule has 1 aromatic rings. The van der Waals surface area contributed by atoms with Gasteiger partial charge in [-0.2, -0.15) is 70.2 Å². The third-order valence-electron chi connectivity index (χ3n) is 4.31. The topological polar surface area (TPSA) is 9.23 Å². The van der Waals surface area contributed by atoms with Crippen LogP contribution in [0.15, 0.2) is 24.3 Å². The molecule has 35 heavy (non-hydrogen) atoms. The largest absolute Gasteiger partial charge is 0.471 e. The summed E-state index contributed by atoms with van der Waals surface area (Å²) in [6.07, 6.45) is -23.0. The van der Waals surface area contributed by atoms with Crippen molar-refractivity contribution in [3.05, 3.63) is 29.8 Å². The highest BCUT2D eigenvalue weighted by atomic mass is 127. The lowest BCUT2D eigenvalue weighted by atomic mass is 9.85. The summed E-state index contributed by atoms with van der Waals surface area (Å²) in [4.78, 5) is 0. The predicted molar refractivity (Wildman–Crippen MR) is 90.3 cm³/mol. The van der Waals surface area contributed by atoms with E-state index < -0.39 is 53.6 Å². The molecule has 0 aromatic heterocycles. The third kappa shape index (κ3) is 4.80. The van der Waals surface area contributed by atoms with Gasteiger partial charge in [-0.15, -0.1) is 0 Å². The Morgan fingerprint density at radius 1 is 0.543 bits per heavy atom. The summed E-state index contributed by atoms with van der Waals surface area (Å²) < 4.78 is 228. The van der Waals surface area contributed by atoms with Crippen molar-refractivity contribution in [2.45, 2.75) is 54.2 Å². The first kappa shape index (κ1) is 31.6. The van der Waals surface area contributed by atoms with E-state index in [1.165, 1.54) is 0 Å². The van der Waals surface area contributed by atoms with Gasteiger partial charge in [0.15, 0.2) is 0 Å². The molecule has 0 N–H and O–H groups in total. The molecule has 0 aliphatic heterocycles. The van der Waals surface area contributed by atoms with E-state index in [9.17, 15) is 74.6 Å². The van der Waals surface area contributed by atoms with E-state index >= 15 is 0 Å². The first-order chi connectivity index (χ1) is 15.3. The molecular weight excluding hydrogens is 658 g/mol. The molecule has 0 aliphatic carbocycles. The first-order valence-electron chi connectivity index (χ1n) is 8.31. The minimum atomic E-state index is -8.79. The summed E-state index contributed by atoms with van der Waals surface area (Å²) in [6.45, 7) is 0. The SMILES string of the molecule is FC(F)(F)C(F)(C(F)(F)F)C(F)(F)C(F)(F)C(F)(F)C(F)(F)C(F)(F)Oc1ccc(CCI)cc1. The number of rotatable bonds is 9. The lowest BCUT2D eigenvalue weighted by Crippen LogP contribution is -2.77. The second-order valence-corrected chi connectivity index (χ2v) is 7.73. The van der Waals surface area contributed by atoms with Crippen LogP contribution in [0.3, 0.4) is 0 Å². The van der Waals surface area contributed by atoms with E-state index in [-0.39, 0.29) is 6.42 Å². The van der Waals surface area contributed by atoms with Crippen LogP contribution < -0.4 is 4.74 Å². The van der Waals surface area contributed by atoms with Crippen molar-refractivity contribution in [2.75, 3.05) is 4.43 Å². The molecule has 0 atom stereocenters. The molecule has 0 heterocycles. The van der Waals surface area contributed by atoms with Crippen molar-refractivity contribution in [1.82, 2.24) is 0 Å². The average molecular weight is 666 g/mol. The fourth-order valence-electron chi connectivity index (χ4n) is 2.36. The zero-order valence-corrected chi connectivity index (χ0v) is 18.1. The van der Waals surface area contributed by atoms with Gasteiger partial charge in [0.05, 0.1) is 0 Å². The minimum absolute atomic E-state index is 0.246. The van der Waals surface area contributed by atoms with Crippen molar-refractivity contribution in [3.63, 3.8) is 0 Å². The van der Waals surface area contributed by atoms with E-state index in [0.717, 1.165) is 12.1 Å². The molecule has 0 radical (unpaired) electrons. The molecule has 0 aliphatic rings. The molecule has 0 spiro atoms. The van der Waals surface area contributed by atoms with E-state index in [1.54, 1.807) is 0 Å². The summed E-state index contributed by atoms with van der Waals surface area (Å²) in [7, 11) is 0. The highest BCUT2D eigenvalue weighted by Crippen LogP contribution is 2.65.